The molecule has 0 aliphatic heterocycles. The average Bonchev–Trinajstić information content (AvgIpc) is 1.99. The van der Waals surface area contributed by atoms with Gasteiger partial charge in [-0.15, -0.1) is 0 Å². The number of hydrogen-bond acceptors (Lipinski definition) is 4. The molecule has 0 saturated carbocycles. The number of aliphatic hydroxyl groups is 1. The SMILES string of the molecule is CC(C)(CCO)OC(=O)CCC(=O)O. The molecular formula is C9H16O5. The van der Waals surface area contributed by atoms with E-state index in [1.54, 1.807) is 13.8 Å². The van der Waals surface area contributed by atoms with E-state index >= 15 is 0 Å². The van der Waals surface area contributed by atoms with E-state index in [2.05, 4.69) is 0 Å². The van der Waals surface area contributed by atoms with Crippen LogP contribution in [0.1, 0.15) is 33.1 Å². The van der Waals surface area contributed by atoms with E-state index < -0.39 is 17.5 Å². The predicted octanol–water partition coefficient (Wildman–Crippen LogP) is 0.555. The van der Waals surface area contributed by atoms with Crippen LogP contribution >= 0.6 is 0 Å². The molecule has 0 fully saturated rings. The van der Waals surface area contributed by atoms with Crippen molar-refractivity contribution >= 4 is 11.9 Å². The number of carbonyl (C=O) groups excluding carboxylic acids is 1. The van der Waals surface area contributed by atoms with Gasteiger partial charge in [0.1, 0.15) is 5.60 Å². The third kappa shape index (κ3) is 6.42. The van der Waals surface area contributed by atoms with E-state index in [1.807, 2.05) is 0 Å². The third-order valence-corrected chi connectivity index (χ3v) is 1.65. The lowest BCUT2D eigenvalue weighted by atomic mass is 10.1. The summed E-state index contributed by atoms with van der Waals surface area (Å²) < 4.78 is 4.97. The molecule has 0 aromatic rings. The lowest BCUT2D eigenvalue weighted by Crippen LogP contribution is -2.29. The number of carbonyl (C=O) groups is 2. The zero-order valence-electron chi connectivity index (χ0n) is 8.45. The maximum Gasteiger partial charge on any atom is 0.306 e. The summed E-state index contributed by atoms with van der Waals surface area (Å²) in [6.07, 6.45) is -0.0238. The maximum atomic E-state index is 11.1. The van der Waals surface area contributed by atoms with E-state index in [-0.39, 0.29) is 19.4 Å². The van der Waals surface area contributed by atoms with Crippen LogP contribution in [0.5, 0.6) is 0 Å². The average molecular weight is 204 g/mol. The topological polar surface area (TPSA) is 83.8 Å². The van der Waals surface area contributed by atoms with E-state index in [4.69, 9.17) is 14.9 Å². The van der Waals surface area contributed by atoms with E-state index in [9.17, 15) is 9.59 Å². The number of carboxylic acid groups (broad SMARTS) is 1. The highest BCUT2D eigenvalue weighted by atomic mass is 16.6. The number of esters is 1. The largest absolute Gasteiger partial charge is 0.481 e. The fraction of sp³-hybridized carbons (Fsp3) is 0.778. The number of aliphatic carboxylic acids is 1. The number of carboxylic acids is 1. The van der Waals surface area contributed by atoms with Gasteiger partial charge in [0.15, 0.2) is 0 Å². The Balaban J connectivity index is 3.86. The van der Waals surface area contributed by atoms with Crippen LogP contribution in [0.25, 0.3) is 0 Å². The van der Waals surface area contributed by atoms with Gasteiger partial charge in [0.25, 0.3) is 0 Å². The summed E-state index contributed by atoms with van der Waals surface area (Å²) in [5, 5.41) is 17.0. The van der Waals surface area contributed by atoms with Gasteiger partial charge in [-0.3, -0.25) is 9.59 Å². The number of ether oxygens (including phenoxy) is 1. The van der Waals surface area contributed by atoms with Crippen LogP contribution in [-0.4, -0.2) is 34.4 Å². The molecule has 0 aromatic carbocycles. The lowest BCUT2D eigenvalue weighted by Gasteiger charge is -2.23. The maximum absolute atomic E-state index is 11.1. The van der Waals surface area contributed by atoms with Crippen molar-refractivity contribution in [1.82, 2.24) is 0 Å². The number of aliphatic hydroxyl groups excluding tert-OH is 1. The molecule has 5 nitrogen and oxygen atoms in total. The molecule has 2 N–H and O–H groups in total. The molecule has 0 heterocycles. The Morgan fingerprint density at radius 2 is 1.86 bits per heavy atom. The monoisotopic (exact) mass is 204 g/mol. The zero-order valence-corrected chi connectivity index (χ0v) is 8.45. The second kappa shape index (κ2) is 5.59. The highest BCUT2D eigenvalue weighted by Crippen LogP contribution is 2.14. The summed E-state index contributed by atoms with van der Waals surface area (Å²) in [5.41, 5.74) is -0.732. The van der Waals surface area contributed by atoms with E-state index in [0.29, 0.717) is 6.42 Å². The van der Waals surface area contributed by atoms with Crippen LogP contribution in [0.4, 0.5) is 0 Å². The first-order valence-electron chi connectivity index (χ1n) is 4.42. The van der Waals surface area contributed by atoms with Crippen molar-refractivity contribution in [3.05, 3.63) is 0 Å². The van der Waals surface area contributed by atoms with Gasteiger partial charge >= 0.3 is 11.9 Å². The van der Waals surface area contributed by atoms with Gasteiger partial charge in [0.05, 0.1) is 12.8 Å². The van der Waals surface area contributed by atoms with Crippen molar-refractivity contribution in [1.29, 1.82) is 0 Å². The first-order chi connectivity index (χ1) is 6.37. The minimum Gasteiger partial charge on any atom is -0.481 e. The summed E-state index contributed by atoms with van der Waals surface area (Å²) in [4.78, 5) is 21.2. The van der Waals surface area contributed by atoms with Crippen molar-refractivity contribution in [2.24, 2.45) is 0 Å². The highest BCUT2D eigenvalue weighted by molar-refractivity contribution is 5.76. The number of rotatable bonds is 6. The summed E-state index contributed by atoms with van der Waals surface area (Å²) in [7, 11) is 0. The van der Waals surface area contributed by atoms with Gasteiger partial charge in [-0.2, -0.15) is 0 Å². The van der Waals surface area contributed by atoms with Crippen molar-refractivity contribution in [2.45, 2.75) is 38.7 Å². The van der Waals surface area contributed by atoms with Crippen LogP contribution in [0.2, 0.25) is 0 Å². The van der Waals surface area contributed by atoms with Gasteiger partial charge in [-0.05, 0) is 13.8 Å². The van der Waals surface area contributed by atoms with Crippen LogP contribution in [0.3, 0.4) is 0 Å². The fourth-order valence-corrected chi connectivity index (χ4v) is 0.888. The Kier molecular flexibility index (Phi) is 5.15. The molecule has 0 saturated heterocycles. The summed E-state index contributed by atoms with van der Waals surface area (Å²) in [6.45, 7) is 3.27. The van der Waals surface area contributed by atoms with Crippen molar-refractivity contribution in [2.75, 3.05) is 6.61 Å². The first-order valence-corrected chi connectivity index (χ1v) is 4.42. The van der Waals surface area contributed by atoms with E-state index in [0.717, 1.165) is 0 Å². The minimum atomic E-state index is -1.03. The predicted molar refractivity (Wildman–Crippen MR) is 48.7 cm³/mol. The molecule has 0 atom stereocenters. The van der Waals surface area contributed by atoms with Crippen molar-refractivity contribution in [3.63, 3.8) is 0 Å². The summed E-state index contributed by atoms with van der Waals surface area (Å²) in [5.74, 6) is -1.58. The molecule has 0 bridgehead atoms. The molecule has 0 aliphatic carbocycles. The molecule has 82 valence electrons. The Morgan fingerprint density at radius 1 is 1.29 bits per heavy atom. The Labute approximate surface area is 82.7 Å². The molecule has 5 heteroatoms. The second-order valence-electron chi connectivity index (χ2n) is 3.60. The van der Waals surface area contributed by atoms with Gasteiger partial charge in [-0.25, -0.2) is 0 Å². The van der Waals surface area contributed by atoms with Gasteiger partial charge in [0, 0.05) is 13.0 Å². The normalized spacial score (nSPS) is 11.1. The minimum absolute atomic E-state index is 0.0702. The molecule has 14 heavy (non-hydrogen) atoms. The Morgan fingerprint density at radius 3 is 2.29 bits per heavy atom. The Hall–Kier alpha value is -1.10. The molecular weight excluding hydrogens is 188 g/mol. The van der Waals surface area contributed by atoms with Crippen LogP contribution in [0.15, 0.2) is 0 Å². The second-order valence-corrected chi connectivity index (χ2v) is 3.60. The van der Waals surface area contributed by atoms with Gasteiger partial charge < -0.3 is 14.9 Å². The van der Waals surface area contributed by atoms with Crippen molar-refractivity contribution < 1.29 is 24.5 Å². The Bertz CT molecular complexity index is 209. The van der Waals surface area contributed by atoms with Crippen LogP contribution in [0, 0.1) is 0 Å². The van der Waals surface area contributed by atoms with Crippen LogP contribution < -0.4 is 0 Å². The van der Waals surface area contributed by atoms with Crippen LogP contribution in [-0.2, 0) is 14.3 Å². The first kappa shape index (κ1) is 12.9. The highest BCUT2D eigenvalue weighted by Gasteiger charge is 2.22. The summed E-state index contributed by atoms with van der Waals surface area (Å²) >= 11 is 0. The molecule has 0 unspecified atom stereocenters. The molecule has 0 aromatic heterocycles. The quantitative estimate of drug-likeness (QED) is 0.617. The lowest BCUT2D eigenvalue weighted by molar-refractivity contribution is -0.159. The molecule has 0 spiro atoms. The third-order valence-electron chi connectivity index (χ3n) is 1.65. The van der Waals surface area contributed by atoms with Crippen molar-refractivity contribution in [3.8, 4) is 0 Å². The molecule has 0 rings (SSSR count). The number of hydrogen-bond donors (Lipinski definition) is 2. The van der Waals surface area contributed by atoms with Gasteiger partial charge in [-0.1, -0.05) is 0 Å². The summed E-state index contributed by atoms with van der Waals surface area (Å²) in [6, 6.07) is 0. The van der Waals surface area contributed by atoms with E-state index in [1.165, 1.54) is 0 Å². The fourth-order valence-electron chi connectivity index (χ4n) is 0.888. The molecule has 0 radical (unpaired) electrons. The molecule has 0 aliphatic rings. The molecule has 0 amide bonds. The standard InChI is InChI=1S/C9H16O5/c1-9(2,5-6-10)14-8(13)4-3-7(11)12/h10H,3-6H2,1-2H3,(H,11,12). The zero-order chi connectivity index (χ0) is 11.2. The smallest absolute Gasteiger partial charge is 0.306 e. The van der Waals surface area contributed by atoms with Gasteiger partial charge in [0.2, 0.25) is 0 Å².